The summed E-state index contributed by atoms with van der Waals surface area (Å²) in [5.41, 5.74) is 2.18. The molecule has 2 heterocycles. The van der Waals surface area contributed by atoms with E-state index < -0.39 is 0 Å². The molecule has 0 aliphatic rings. The highest BCUT2D eigenvalue weighted by Gasteiger charge is 2.10. The van der Waals surface area contributed by atoms with Crippen molar-refractivity contribution in [3.8, 4) is 0 Å². The fourth-order valence-corrected chi connectivity index (χ4v) is 3.64. The Morgan fingerprint density at radius 1 is 1.26 bits per heavy atom. The van der Waals surface area contributed by atoms with Crippen LogP contribution in [0.3, 0.4) is 0 Å². The van der Waals surface area contributed by atoms with Crippen molar-refractivity contribution in [2.75, 3.05) is 0 Å². The monoisotopic (exact) mass is 289 g/mol. The molecule has 3 nitrogen and oxygen atoms in total. The van der Waals surface area contributed by atoms with Crippen LogP contribution in [0.15, 0.2) is 29.6 Å². The standard InChI is InChI=1S/C14H15N3S2/c1-9-8-18-14(16-9)10(2)15-7-13-17-11-5-3-4-6-12(11)19-13/h3-6,8,10,15H,7H2,1-2H3. The van der Waals surface area contributed by atoms with Crippen LogP contribution in [0.25, 0.3) is 10.2 Å². The average Bonchev–Trinajstić information content (AvgIpc) is 3.01. The van der Waals surface area contributed by atoms with Crippen molar-refractivity contribution in [3.05, 3.63) is 45.4 Å². The quantitative estimate of drug-likeness (QED) is 0.791. The third-order valence-electron chi connectivity index (χ3n) is 2.90. The lowest BCUT2D eigenvalue weighted by Gasteiger charge is -2.08. The van der Waals surface area contributed by atoms with Gasteiger partial charge in [0, 0.05) is 17.6 Å². The number of aromatic nitrogens is 2. The van der Waals surface area contributed by atoms with Crippen LogP contribution in [0.5, 0.6) is 0 Å². The zero-order chi connectivity index (χ0) is 13.2. The Hall–Kier alpha value is -1.30. The van der Waals surface area contributed by atoms with Gasteiger partial charge in [0.2, 0.25) is 0 Å². The molecule has 5 heteroatoms. The Balaban J connectivity index is 1.68. The summed E-state index contributed by atoms with van der Waals surface area (Å²) < 4.78 is 1.25. The maximum absolute atomic E-state index is 4.62. The van der Waals surface area contributed by atoms with E-state index in [9.17, 15) is 0 Å². The van der Waals surface area contributed by atoms with Crippen LogP contribution in [0, 0.1) is 6.92 Å². The molecule has 0 bridgehead atoms. The molecule has 0 aliphatic carbocycles. The van der Waals surface area contributed by atoms with Crippen LogP contribution in [-0.2, 0) is 6.54 Å². The smallest absolute Gasteiger partial charge is 0.110 e. The number of nitrogens with one attached hydrogen (secondary N) is 1. The van der Waals surface area contributed by atoms with Gasteiger partial charge in [-0.1, -0.05) is 12.1 Å². The van der Waals surface area contributed by atoms with Gasteiger partial charge < -0.3 is 5.32 Å². The normalized spacial score (nSPS) is 12.9. The molecule has 0 radical (unpaired) electrons. The molecule has 3 rings (SSSR count). The molecular formula is C14H15N3S2. The number of para-hydroxylation sites is 1. The summed E-state index contributed by atoms with van der Waals surface area (Å²) in [6.45, 7) is 4.96. The molecule has 98 valence electrons. The van der Waals surface area contributed by atoms with Gasteiger partial charge in [-0.05, 0) is 26.0 Å². The molecule has 0 saturated carbocycles. The SMILES string of the molecule is Cc1csc(C(C)NCc2nc3ccccc3s2)n1. The van der Waals surface area contributed by atoms with Crippen LogP contribution < -0.4 is 5.32 Å². The third kappa shape index (κ3) is 2.83. The zero-order valence-corrected chi connectivity index (χ0v) is 12.5. The molecular weight excluding hydrogens is 274 g/mol. The van der Waals surface area contributed by atoms with E-state index in [2.05, 4.69) is 45.8 Å². The highest BCUT2D eigenvalue weighted by molar-refractivity contribution is 7.18. The number of rotatable bonds is 4. The second-order valence-electron chi connectivity index (χ2n) is 4.51. The molecule has 0 fully saturated rings. The Kier molecular flexibility index (Phi) is 3.59. The van der Waals surface area contributed by atoms with Crippen LogP contribution >= 0.6 is 22.7 Å². The molecule has 19 heavy (non-hydrogen) atoms. The maximum Gasteiger partial charge on any atom is 0.110 e. The van der Waals surface area contributed by atoms with Crippen LogP contribution in [-0.4, -0.2) is 9.97 Å². The predicted molar refractivity (Wildman–Crippen MR) is 81.7 cm³/mol. The van der Waals surface area contributed by atoms with Gasteiger partial charge in [-0.25, -0.2) is 9.97 Å². The lowest BCUT2D eigenvalue weighted by Crippen LogP contribution is -2.17. The lowest BCUT2D eigenvalue weighted by molar-refractivity contribution is 0.570. The second kappa shape index (κ2) is 5.36. The molecule has 0 spiro atoms. The molecule has 0 saturated heterocycles. The molecule has 1 unspecified atom stereocenters. The first-order valence-electron chi connectivity index (χ1n) is 6.22. The first kappa shape index (κ1) is 12.7. The second-order valence-corrected chi connectivity index (χ2v) is 6.51. The van der Waals surface area contributed by atoms with Gasteiger partial charge in [-0.15, -0.1) is 22.7 Å². The molecule has 1 atom stereocenters. The van der Waals surface area contributed by atoms with Crippen molar-refractivity contribution in [1.29, 1.82) is 0 Å². The minimum Gasteiger partial charge on any atom is -0.302 e. The van der Waals surface area contributed by atoms with Crippen molar-refractivity contribution in [2.45, 2.75) is 26.4 Å². The van der Waals surface area contributed by atoms with Crippen molar-refractivity contribution in [3.63, 3.8) is 0 Å². The number of benzene rings is 1. The van der Waals surface area contributed by atoms with Crippen molar-refractivity contribution in [2.24, 2.45) is 0 Å². The minimum absolute atomic E-state index is 0.269. The minimum atomic E-state index is 0.269. The van der Waals surface area contributed by atoms with Crippen molar-refractivity contribution >= 4 is 32.9 Å². The zero-order valence-electron chi connectivity index (χ0n) is 10.9. The van der Waals surface area contributed by atoms with E-state index in [1.807, 2.05) is 13.0 Å². The molecule has 0 aliphatic heterocycles. The number of hydrogen-bond donors (Lipinski definition) is 1. The number of thiazole rings is 2. The Labute approximate surface area is 120 Å². The fourth-order valence-electron chi connectivity index (χ4n) is 1.89. The maximum atomic E-state index is 4.62. The molecule has 2 aromatic heterocycles. The average molecular weight is 289 g/mol. The van der Waals surface area contributed by atoms with Gasteiger partial charge in [-0.3, -0.25) is 0 Å². The highest BCUT2D eigenvalue weighted by atomic mass is 32.1. The van der Waals surface area contributed by atoms with E-state index in [1.165, 1.54) is 4.70 Å². The van der Waals surface area contributed by atoms with Gasteiger partial charge in [0.1, 0.15) is 10.0 Å². The molecule has 1 aromatic carbocycles. The summed E-state index contributed by atoms with van der Waals surface area (Å²) in [5, 5.41) is 7.84. The molecule has 1 N–H and O–H groups in total. The van der Waals surface area contributed by atoms with Gasteiger partial charge >= 0.3 is 0 Å². The summed E-state index contributed by atoms with van der Waals surface area (Å²) in [4.78, 5) is 9.13. The fraction of sp³-hybridized carbons (Fsp3) is 0.286. The Morgan fingerprint density at radius 3 is 2.84 bits per heavy atom. The van der Waals surface area contributed by atoms with E-state index in [-0.39, 0.29) is 6.04 Å². The topological polar surface area (TPSA) is 37.8 Å². The number of aryl methyl sites for hydroxylation is 1. The van der Waals surface area contributed by atoms with Crippen LogP contribution in [0.4, 0.5) is 0 Å². The third-order valence-corrected chi connectivity index (χ3v) is 5.09. The summed E-state index contributed by atoms with van der Waals surface area (Å²) in [6, 6.07) is 8.53. The van der Waals surface area contributed by atoms with Gasteiger partial charge in [0.15, 0.2) is 0 Å². The van der Waals surface area contributed by atoms with Gasteiger partial charge in [0.05, 0.1) is 16.3 Å². The molecule has 3 aromatic rings. The number of fused-ring (bicyclic) bond motifs is 1. The summed E-state index contributed by atoms with van der Waals surface area (Å²) >= 11 is 3.46. The van der Waals surface area contributed by atoms with E-state index in [1.54, 1.807) is 22.7 Å². The summed E-state index contributed by atoms with van der Waals surface area (Å²) in [5.74, 6) is 0. The molecule has 0 amide bonds. The first-order valence-corrected chi connectivity index (χ1v) is 7.92. The Bertz CT molecular complexity index is 654. The van der Waals surface area contributed by atoms with E-state index in [0.717, 1.165) is 27.8 Å². The first-order chi connectivity index (χ1) is 9.22. The van der Waals surface area contributed by atoms with Crippen LogP contribution in [0.2, 0.25) is 0 Å². The predicted octanol–water partition coefficient (Wildman–Crippen LogP) is 3.91. The van der Waals surface area contributed by atoms with E-state index in [0.29, 0.717) is 0 Å². The van der Waals surface area contributed by atoms with Crippen molar-refractivity contribution in [1.82, 2.24) is 15.3 Å². The largest absolute Gasteiger partial charge is 0.302 e. The van der Waals surface area contributed by atoms with Gasteiger partial charge in [0.25, 0.3) is 0 Å². The number of nitrogens with zero attached hydrogens (tertiary/aromatic N) is 2. The van der Waals surface area contributed by atoms with Gasteiger partial charge in [-0.2, -0.15) is 0 Å². The summed E-state index contributed by atoms with van der Waals surface area (Å²) in [7, 11) is 0. The summed E-state index contributed by atoms with van der Waals surface area (Å²) in [6.07, 6.45) is 0. The van der Waals surface area contributed by atoms with Crippen molar-refractivity contribution < 1.29 is 0 Å². The van der Waals surface area contributed by atoms with Crippen LogP contribution in [0.1, 0.15) is 28.7 Å². The number of hydrogen-bond acceptors (Lipinski definition) is 5. The van der Waals surface area contributed by atoms with E-state index in [4.69, 9.17) is 0 Å². The Morgan fingerprint density at radius 2 is 2.11 bits per heavy atom. The lowest BCUT2D eigenvalue weighted by atomic mass is 10.3. The highest BCUT2D eigenvalue weighted by Crippen LogP contribution is 2.23. The van der Waals surface area contributed by atoms with E-state index >= 15 is 0 Å².